The summed E-state index contributed by atoms with van der Waals surface area (Å²) in [6, 6.07) is 0. The molecule has 1 aromatic heterocycles. The highest BCUT2D eigenvalue weighted by Crippen LogP contribution is 2.18. The molecule has 0 radical (unpaired) electrons. The molecule has 0 aromatic carbocycles. The third-order valence-corrected chi connectivity index (χ3v) is 3.42. The zero-order chi connectivity index (χ0) is 13.5. The summed E-state index contributed by atoms with van der Waals surface area (Å²) >= 11 is 0. The molecule has 1 fully saturated rings. The zero-order valence-corrected chi connectivity index (χ0v) is 11.9. The van der Waals surface area contributed by atoms with Crippen LogP contribution in [-0.2, 0) is 11.3 Å². The lowest BCUT2D eigenvalue weighted by molar-refractivity contribution is 0.0458. The Kier molecular flexibility index (Phi) is 5.54. The molecule has 106 valence electrons. The fourth-order valence-corrected chi connectivity index (χ4v) is 2.34. The molecule has 1 aromatic rings. The van der Waals surface area contributed by atoms with Gasteiger partial charge in [0, 0.05) is 26.2 Å². The first kappa shape index (κ1) is 14.2. The van der Waals surface area contributed by atoms with Crippen molar-refractivity contribution in [2.75, 3.05) is 31.1 Å². The van der Waals surface area contributed by atoms with Crippen LogP contribution in [-0.4, -0.2) is 42.3 Å². The van der Waals surface area contributed by atoms with Crippen LogP contribution in [0.15, 0.2) is 12.4 Å². The number of anilines is 1. The van der Waals surface area contributed by atoms with Gasteiger partial charge >= 0.3 is 0 Å². The van der Waals surface area contributed by atoms with Gasteiger partial charge in [-0.3, -0.25) is 4.98 Å². The zero-order valence-electron chi connectivity index (χ0n) is 11.9. The lowest BCUT2D eigenvalue weighted by atomic mass is 10.1. The van der Waals surface area contributed by atoms with Gasteiger partial charge in [-0.05, 0) is 26.3 Å². The second kappa shape index (κ2) is 7.40. The van der Waals surface area contributed by atoms with Crippen molar-refractivity contribution in [1.82, 2.24) is 15.3 Å². The van der Waals surface area contributed by atoms with Gasteiger partial charge in [-0.15, -0.1) is 0 Å². The highest BCUT2D eigenvalue weighted by atomic mass is 16.5. The van der Waals surface area contributed by atoms with Crippen LogP contribution in [0.5, 0.6) is 0 Å². The van der Waals surface area contributed by atoms with Gasteiger partial charge in [-0.2, -0.15) is 0 Å². The molecule has 0 spiro atoms. The molecule has 19 heavy (non-hydrogen) atoms. The van der Waals surface area contributed by atoms with Crippen molar-refractivity contribution in [1.29, 1.82) is 0 Å². The lowest BCUT2D eigenvalue weighted by Gasteiger charge is -2.32. The first-order valence-electron chi connectivity index (χ1n) is 7.21. The predicted octanol–water partition coefficient (Wildman–Crippen LogP) is 1.59. The molecular formula is C14H24N4O. The van der Waals surface area contributed by atoms with E-state index in [0.717, 1.165) is 57.1 Å². The maximum atomic E-state index is 5.66. The molecule has 0 unspecified atom stereocenters. The van der Waals surface area contributed by atoms with E-state index in [2.05, 4.69) is 34.0 Å². The topological polar surface area (TPSA) is 50.3 Å². The maximum Gasteiger partial charge on any atom is 0.147 e. The molecular weight excluding hydrogens is 240 g/mol. The number of piperidine rings is 1. The smallest absolute Gasteiger partial charge is 0.147 e. The summed E-state index contributed by atoms with van der Waals surface area (Å²) < 4.78 is 5.66. The average molecular weight is 264 g/mol. The number of nitrogens with one attached hydrogen (secondary N) is 1. The predicted molar refractivity (Wildman–Crippen MR) is 76.3 cm³/mol. The minimum absolute atomic E-state index is 0.419. The molecule has 2 heterocycles. The Morgan fingerprint density at radius 3 is 2.63 bits per heavy atom. The monoisotopic (exact) mass is 264 g/mol. The van der Waals surface area contributed by atoms with Crippen molar-refractivity contribution in [3.05, 3.63) is 18.1 Å². The summed E-state index contributed by atoms with van der Waals surface area (Å²) in [7, 11) is 0. The van der Waals surface area contributed by atoms with Crippen LogP contribution in [0.3, 0.4) is 0 Å². The third kappa shape index (κ3) is 4.14. The Balaban J connectivity index is 1.85. The number of nitrogens with zero attached hydrogens (tertiary/aromatic N) is 3. The van der Waals surface area contributed by atoms with Gasteiger partial charge in [0.05, 0.1) is 24.2 Å². The largest absolute Gasteiger partial charge is 0.378 e. The summed E-state index contributed by atoms with van der Waals surface area (Å²) in [5.41, 5.74) is 0.995. The van der Waals surface area contributed by atoms with Crippen LogP contribution in [0.25, 0.3) is 0 Å². The number of hydrogen-bond acceptors (Lipinski definition) is 5. The Morgan fingerprint density at radius 2 is 2.05 bits per heavy atom. The Hall–Kier alpha value is -1.20. The SMILES string of the molecule is CCNCc1cnc(N2CCC(OCC)CC2)cn1. The lowest BCUT2D eigenvalue weighted by Crippen LogP contribution is -2.37. The quantitative estimate of drug-likeness (QED) is 0.845. The van der Waals surface area contributed by atoms with Crippen LogP contribution < -0.4 is 10.2 Å². The normalized spacial score (nSPS) is 16.8. The molecule has 1 aliphatic rings. The molecule has 0 amide bonds. The van der Waals surface area contributed by atoms with E-state index < -0.39 is 0 Å². The van der Waals surface area contributed by atoms with Gasteiger partial charge in [0.15, 0.2) is 0 Å². The van der Waals surface area contributed by atoms with E-state index >= 15 is 0 Å². The van der Waals surface area contributed by atoms with Crippen molar-refractivity contribution in [3.8, 4) is 0 Å². The van der Waals surface area contributed by atoms with E-state index in [1.165, 1.54) is 0 Å². The summed E-state index contributed by atoms with van der Waals surface area (Å²) in [6.45, 7) is 8.71. The summed E-state index contributed by atoms with van der Waals surface area (Å²) in [4.78, 5) is 11.2. The van der Waals surface area contributed by atoms with E-state index in [4.69, 9.17) is 4.74 Å². The van der Waals surface area contributed by atoms with Crippen molar-refractivity contribution in [2.45, 2.75) is 39.3 Å². The van der Waals surface area contributed by atoms with Crippen LogP contribution in [0, 0.1) is 0 Å². The molecule has 5 nitrogen and oxygen atoms in total. The molecule has 0 saturated carbocycles. The average Bonchev–Trinajstić information content (AvgIpc) is 2.47. The fraction of sp³-hybridized carbons (Fsp3) is 0.714. The summed E-state index contributed by atoms with van der Waals surface area (Å²) in [6.07, 6.45) is 6.33. The molecule has 1 N–H and O–H groups in total. The molecule has 0 aliphatic carbocycles. The standard InChI is InChI=1S/C14H24N4O/c1-3-15-9-12-10-17-14(11-16-12)18-7-5-13(6-8-18)19-4-2/h10-11,13,15H,3-9H2,1-2H3. The summed E-state index contributed by atoms with van der Waals surface area (Å²) in [5.74, 6) is 0.982. The number of ether oxygens (including phenoxy) is 1. The summed E-state index contributed by atoms with van der Waals surface area (Å²) in [5, 5.41) is 3.25. The van der Waals surface area contributed by atoms with Crippen LogP contribution in [0.1, 0.15) is 32.4 Å². The van der Waals surface area contributed by atoms with Crippen LogP contribution in [0.2, 0.25) is 0 Å². The van der Waals surface area contributed by atoms with Crippen molar-refractivity contribution >= 4 is 5.82 Å². The Bertz CT molecular complexity index is 360. The van der Waals surface area contributed by atoms with Crippen molar-refractivity contribution < 1.29 is 4.74 Å². The second-order valence-electron chi connectivity index (χ2n) is 4.79. The first-order chi connectivity index (χ1) is 9.33. The number of hydrogen-bond donors (Lipinski definition) is 1. The highest BCUT2D eigenvalue weighted by Gasteiger charge is 2.20. The highest BCUT2D eigenvalue weighted by molar-refractivity contribution is 5.36. The molecule has 1 aliphatic heterocycles. The van der Waals surface area contributed by atoms with Crippen LogP contribution in [0.4, 0.5) is 5.82 Å². The van der Waals surface area contributed by atoms with E-state index in [9.17, 15) is 0 Å². The van der Waals surface area contributed by atoms with Gasteiger partial charge < -0.3 is 15.0 Å². The van der Waals surface area contributed by atoms with Crippen molar-refractivity contribution in [3.63, 3.8) is 0 Å². The van der Waals surface area contributed by atoms with Gasteiger partial charge in [0.1, 0.15) is 5.82 Å². The van der Waals surface area contributed by atoms with Gasteiger partial charge in [0.2, 0.25) is 0 Å². The molecule has 5 heteroatoms. The van der Waals surface area contributed by atoms with Gasteiger partial charge in [-0.1, -0.05) is 6.92 Å². The molecule has 1 saturated heterocycles. The molecule has 2 rings (SSSR count). The van der Waals surface area contributed by atoms with Crippen molar-refractivity contribution in [2.24, 2.45) is 0 Å². The van der Waals surface area contributed by atoms with Crippen LogP contribution >= 0.6 is 0 Å². The van der Waals surface area contributed by atoms with E-state index in [1.54, 1.807) is 0 Å². The second-order valence-corrected chi connectivity index (χ2v) is 4.79. The first-order valence-corrected chi connectivity index (χ1v) is 7.21. The third-order valence-electron chi connectivity index (χ3n) is 3.42. The van der Waals surface area contributed by atoms with Gasteiger partial charge in [-0.25, -0.2) is 4.98 Å². The Morgan fingerprint density at radius 1 is 1.26 bits per heavy atom. The molecule has 0 bridgehead atoms. The van der Waals surface area contributed by atoms with E-state index in [1.807, 2.05) is 12.4 Å². The van der Waals surface area contributed by atoms with E-state index in [0.29, 0.717) is 6.10 Å². The fourth-order valence-electron chi connectivity index (χ4n) is 2.34. The van der Waals surface area contributed by atoms with Gasteiger partial charge in [0.25, 0.3) is 0 Å². The minimum atomic E-state index is 0.419. The minimum Gasteiger partial charge on any atom is -0.378 e. The maximum absolute atomic E-state index is 5.66. The Labute approximate surface area is 115 Å². The van der Waals surface area contributed by atoms with E-state index in [-0.39, 0.29) is 0 Å². The number of rotatable bonds is 6. The molecule has 0 atom stereocenters. The number of aromatic nitrogens is 2.